The van der Waals surface area contributed by atoms with Gasteiger partial charge in [-0.05, 0) is 60.9 Å². The van der Waals surface area contributed by atoms with E-state index in [4.69, 9.17) is 0 Å². The van der Waals surface area contributed by atoms with Crippen molar-refractivity contribution in [1.82, 2.24) is 5.32 Å². The normalized spacial score (nSPS) is 12.2. The van der Waals surface area contributed by atoms with Crippen LogP contribution >= 0.6 is 0 Å². The number of nitrogens with one attached hydrogen (secondary N) is 2. The van der Waals surface area contributed by atoms with Crippen molar-refractivity contribution in [3.63, 3.8) is 0 Å². The molecule has 0 aromatic heterocycles. The van der Waals surface area contributed by atoms with E-state index in [0.717, 1.165) is 42.2 Å². The molecule has 36 heavy (non-hydrogen) atoms. The molecule has 0 aliphatic carbocycles. The van der Waals surface area contributed by atoms with E-state index >= 15 is 0 Å². The standard InChI is InChI=1S/C24H23F3N2O5S2/c1-35(31,32)19-10-12-20(13-11-19)36(33,34)29-22-16-18(24(25,26)27)9-14-21(22)23(30)28-15-5-8-17-6-3-2-4-7-17/h2-4,6-7,9-14,16,29H,5,8,15H2,1H3,(H,28,30). The number of rotatable bonds is 9. The summed E-state index contributed by atoms with van der Waals surface area (Å²) in [5, 5.41) is 2.60. The lowest BCUT2D eigenvalue weighted by atomic mass is 10.1. The Morgan fingerprint density at radius 2 is 1.47 bits per heavy atom. The molecule has 3 rings (SSSR count). The highest BCUT2D eigenvalue weighted by Crippen LogP contribution is 2.33. The van der Waals surface area contributed by atoms with E-state index in [1.165, 1.54) is 0 Å². The van der Waals surface area contributed by atoms with E-state index in [2.05, 4.69) is 5.32 Å². The van der Waals surface area contributed by atoms with Gasteiger partial charge in [-0.1, -0.05) is 30.3 Å². The van der Waals surface area contributed by atoms with Gasteiger partial charge in [-0.2, -0.15) is 13.2 Å². The highest BCUT2D eigenvalue weighted by molar-refractivity contribution is 7.92. The largest absolute Gasteiger partial charge is 0.416 e. The third-order valence-electron chi connectivity index (χ3n) is 5.17. The first-order valence-corrected chi connectivity index (χ1v) is 14.0. The van der Waals surface area contributed by atoms with Crippen LogP contribution in [-0.4, -0.2) is 35.5 Å². The Labute approximate surface area is 207 Å². The smallest absolute Gasteiger partial charge is 0.352 e. The molecule has 1 amide bonds. The van der Waals surface area contributed by atoms with Gasteiger partial charge in [-0.25, -0.2) is 16.8 Å². The lowest BCUT2D eigenvalue weighted by Crippen LogP contribution is -2.27. The molecule has 0 saturated heterocycles. The summed E-state index contributed by atoms with van der Waals surface area (Å²) in [7, 11) is -8.03. The van der Waals surface area contributed by atoms with Crippen molar-refractivity contribution in [2.24, 2.45) is 0 Å². The number of hydrogen-bond acceptors (Lipinski definition) is 5. The average Bonchev–Trinajstić information content (AvgIpc) is 2.81. The molecule has 7 nitrogen and oxygen atoms in total. The summed E-state index contributed by atoms with van der Waals surface area (Å²) in [5.41, 5.74) is -0.943. The van der Waals surface area contributed by atoms with E-state index in [1.807, 2.05) is 35.1 Å². The lowest BCUT2D eigenvalue weighted by Gasteiger charge is -2.16. The van der Waals surface area contributed by atoms with Crippen molar-refractivity contribution >= 4 is 31.5 Å². The molecule has 0 bridgehead atoms. The minimum atomic E-state index is -4.78. The molecule has 3 aromatic rings. The molecule has 12 heteroatoms. The van der Waals surface area contributed by atoms with Gasteiger partial charge >= 0.3 is 6.18 Å². The fourth-order valence-electron chi connectivity index (χ4n) is 3.31. The van der Waals surface area contributed by atoms with E-state index in [9.17, 15) is 34.8 Å². The van der Waals surface area contributed by atoms with E-state index in [1.54, 1.807) is 0 Å². The monoisotopic (exact) mass is 540 g/mol. The Morgan fingerprint density at radius 3 is 2.06 bits per heavy atom. The number of anilines is 1. The van der Waals surface area contributed by atoms with Crippen molar-refractivity contribution in [1.29, 1.82) is 0 Å². The van der Waals surface area contributed by atoms with Crippen LogP contribution in [0.5, 0.6) is 0 Å². The van der Waals surface area contributed by atoms with Gasteiger partial charge < -0.3 is 5.32 Å². The molecule has 0 unspecified atom stereocenters. The summed E-state index contributed by atoms with van der Waals surface area (Å²) in [6, 6.07) is 15.8. The van der Waals surface area contributed by atoms with Crippen molar-refractivity contribution < 1.29 is 34.8 Å². The summed E-state index contributed by atoms with van der Waals surface area (Å²) < 4.78 is 90.8. The van der Waals surface area contributed by atoms with Gasteiger partial charge in [-0.15, -0.1) is 0 Å². The number of carbonyl (C=O) groups excluding carboxylic acids is 1. The van der Waals surface area contributed by atoms with Gasteiger partial charge in [-0.3, -0.25) is 9.52 Å². The Balaban J connectivity index is 1.83. The van der Waals surface area contributed by atoms with Crippen molar-refractivity contribution in [2.45, 2.75) is 28.8 Å². The van der Waals surface area contributed by atoms with Gasteiger partial charge in [0.05, 0.1) is 26.6 Å². The summed E-state index contributed by atoms with van der Waals surface area (Å²) in [6.45, 7) is 0.216. The van der Waals surface area contributed by atoms with Crippen molar-refractivity contribution in [2.75, 3.05) is 17.5 Å². The Hall–Kier alpha value is -3.38. The third kappa shape index (κ3) is 7.08. The summed E-state index contributed by atoms with van der Waals surface area (Å²) in [6.07, 6.45) is -2.61. The highest BCUT2D eigenvalue weighted by atomic mass is 32.2. The zero-order chi connectivity index (χ0) is 26.6. The fraction of sp³-hybridized carbons (Fsp3) is 0.208. The highest BCUT2D eigenvalue weighted by Gasteiger charge is 2.32. The second-order valence-corrected chi connectivity index (χ2v) is 11.7. The fourth-order valence-corrected chi connectivity index (χ4v) is 5.01. The molecule has 0 radical (unpaired) electrons. The topological polar surface area (TPSA) is 109 Å². The molecule has 0 fully saturated rings. The summed E-state index contributed by atoms with van der Waals surface area (Å²) >= 11 is 0. The summed E-state index contributed by atoms with van der Waals surface area (Å²) in [5.74, 6) is -0.748. The van der Waals surface area contributed by atoms with Crippen LogP contribution in [0.4, 0.5) is 18.9 Å². The zero-order valence-corrected chi connectivity index (χ0v) is 20.7. The SMILES string of the molecule is CS(=O)(=O)c1ccc(S(=O)(=O)Nc2cc(C(F)(F)F)ccc2C(=O)NCCCc2ccccc2)cc1. The van der Waals surface area contributed by atoms with Crippen LogP contribution in [0.1, 0.15) is 27.9 Å². The first-order chi connectivity index (χ1) is 16.8. The molecule has 2 N–H and O–H groups in total. The van der Waals surface area contributed by atoms with Gasteiger partial charge in [0, 0.05) is 12.8 Å². The van der Waals surface area contributed by atoms with Crippen LogP contribution < -0.4 is 10.0 Å². The Bertz CT molecular complexity index is 1440. The van der Waals surface area contributed by atoms with Crippen LogP contribution in [0.3, 0.4) is 0 Å². The number of alkyl halides is 3. The number of hydrogen-bond donors (Lipinski definition) is 2. The predicted molar refractivity (Wildman–Crippen MR) is 129 cm³/mol. The van der Waals surface area contributed by atoms with Crippen LogP contribution in [0.25, 0.3) is 0 Å². The Morgan fingerprint density at radius 1 is 0.861 bits per heavy atom. The maximum atomic E-state index is 13.3. The predicted octanol–water partition coefficient (Wildman–Crippen LogP) is 4.27. The Kier molecular flexibility index (Phi) is 8.09. The van der Waals surface area contributed by atoms with Gasteiger partial charge in [0.15, 0.2) is 9.84 Å². The van der Waals surface area contributed by atoms with Gasteiger partial charge in [0.1, 0.15) is 0 Å². The van der Waals surface area contributed by atoms with E-state index in [0.29, 0.717) is 25.0 Å². The van der Waals surface area contributed by atoms with Crippen LogP contribution in [-0.2, 0) is 32.5 Å². The van der Waals surface area contributed by atoms with Crippen LogP contribution in [0.15, 0.2) is 82.6 Å². The second-order valence-electron chi connectivity index (χ2n) is 7.95. The number of sulfone groups is 1. The minimum absolute atomic E-state index is 0.129. The second kappa shape index (κ2) is 10.7. The van der Waals surface area contributed by atoms with E-state index < -0.39 is 43.2 Å². The number of sulfonamides is 1. The first-order valence-electron chi connectivity index (χ1n) is 10.6. The molecule has 192 valence electrons. The molecular formula is C24H23F3N2O5S2. The number of halogens is 3. The summed E-state index contributed by atoms with van der Waals surface area (Å²) in [4.78, 5) is 12.2. The number of aryl methyl sites for hydroxylation is 1. The van der Waals surface area contributed by atoms with E-state index in [-0.39, 0.29) is 21.9 Å². The van der Waals surface area contributed by atoms with Crippen molar-refractivity contribution in [3.05, 3.63) is 89.5 Å². The molecular weight excluding hydrogens is 517 g/mol. The quantitative estimate of drug-likeness (QED) is 0.394. The maximum Gasteiger partial charge on any atom is 0.416 e. The number of carbonyl (C=O) groups is 1. The first kappa shape index (κ1) is 27.2. The van der Waals surface area contributed by atoms with Gasteiger partial charge in [0.2, 0.25) is 0 Å². The molecule has 0 aliphatic heterocycles. The number of amides is 1. The van der Waals surface area contributed by atoms with Crippen LogP contribution in [0, 0.1) is 0 Å². The molecule has 3 aromatic carbocycles. The maximum absolute atomic E-state index is 13.3. The average molecular weight is 541 g/mol. The lowest BCUT2D eigenvalue weighted by molar-refractivity contribution is -0.137. The molecule has 0 atom stereocenters. The van der Waals surface area contributed by atoms with Gasteiger partial charge in [0.25, 0.3) is 15.9 Å². The molecule has 0 aliphatic rings. The molecule has 0 saturated carbocycles. The molecule has 0 spiro atoms. The van der Waals surface area contributed by atoms with Crippen LogP contribution in [0.2, 0.25) is 0 Å². The minimum Gasteiger partial charge on any atom is -0.352 e. The zero-order valence-electron chi connectivity index (χ0n) is 19.0. The molecule has 0 heterocycles. The third-order valence-corrected chi connectivity index (χ3v) is 7.68. The van der Waals surface area contributed by atoms with Crippen molar-refractivity contribution in [3.8, 4) is 0 Å². The number of benzene rings is 3.